The Balaban J connectivity index is 3.00. The predicted molar refractivity (Wildman–Crippen MR) is 71.4 cm³/mol. The van der Waals surface area contributed by atoms with Crippen molar-refractivity contribution in [2.75, 3.05) is 28.4 Å². The molecule has 0 aliphatic carbocycles. The number of hydrogen-bond donors (Lipinski definition) is 1. The summed E-state index contributed by atoms with van der Waals surface area (Å²) in [6.45, 7) is 0. The maximum absolute atomic E-state index is 11.5. The summed E-state index contributed by atoms with van der Waals surface area (Å²) in [5.41, 5.74) is 0.820. The summed E-state index contributed by atoms with van der Waals surface area (Å²) < 4.78 is 15.8. The van der Waals surface area contributed by atoms with E-state index in [2.05, 4.69) is 0 Å². The average Bonchev–Trinajstić information content (AvgIpc) is 2.43. The lowest BCUT2D eigenvalue weighted by atomic mass is 10.1. The Morgan fingerprint density at radius 3 is 2.05 bits per heavy atom. The first-order valence-electron chi connectivity index (χ1n) is 5.83. The van der Waals surface area contributed by atoms with Crippen molar-refractivity contribution in [2.45, 2.75) is 12.8 Å². The zero-order valence-corrected chi connectivity index (χ0v) is 11.7. The molecule has 0 saturated heterocycles. The second kappa shape index (κ2) is 6.84. The molecule has 0 aliphatic heterocycles. The van der Waals surface area contributed by atoms with Gasteiger partial charge in [-0.25, -0.2) is 5.84 Å². The van der Waals surface area contributed by atoms with Crippen LogP contribution in [0.1, 0.15) is 12.0 Å². The minimum Gasteiger partial charge on any atom is -0.496 e. The molecule has 1 aromatic carbocycles. The lowest BCUT2D eigenvalue weighted by molar-refractivity contribution is -0.130. The number of methoxy groups -OCH3 is 3. The van der Waals surface area contributed by atoms with Crippen molar-refractivity contribution in [3.05, 3.63) is 17.7 Å². The third-order valence-corrected chi connectivity index (χ3v) is 2.80. The van der Waals surface area contributed by atoms with Gasteiger partial charge in [0.15, 0.2) is 0 Å². The molecule has 6 nitrogen and oxygen atoms in total. The molecule has 0 aromatic heterocycles. The van der Waals surface area contributed by atoms with Gasteiger partial charge in [0.05, 0.1) is 21.3 Å². The fourth-order valence-electron chi connectivity index (χ4n) is 1.73. The van der Waals surface area contributed by atoms with E-state index < -0.39 is 0 Å². The van der Waals surface area contributed by atoms with Crippen molar-refractivity contribution in [3.63, 3.8) is 0 Å². The van der Waals surface area contributed by atoms with Crippen molar-refractivity contribution in [1.29, 1.82) is 0 Å². The molecule has 1 aromatic rings. The largest absolute Gasteiger partial charge is 0.496 e. The van der Waals surface area contributed by atoms with Gasteiger partial charge in [0.25, 0.3) is 0 Å². The molecular formula is C13H20N2O4. The zero-order chi connectivity index (χ0) is 14.4. The van der Waals surface area contributed by atoms with Gasteiger partial charge in [-0.2, -0.15) is 0 Å². The van der Waals surface area contributed by atoms with Crippen molar-refractivity contribution < 1.29 is 19.0 Å². The van der Waals surface area contributed by atoms with E-state index in [1.807, 2.05) is 0 Å². The van der Waals surface area contributed by atoms with E-state index in [1.54, 1.807) is 33.5 Å². The van der Waals surface area contributed by atoms with E-state index in [-0.39, 0.29) is 12.3 Å². The van der Waals surface area contributed by atoms with Crippen molar-refractivity contribution in [2.24, 2.45) is 5.84 Å². The van der Waals surface area contributed by atoms with Crippen LogP contribution in [0.25, 0.3) is 0 Å². The fourth-order valence-corrected chi connectivity index (χ4v) is 1.73. The second-order valence-corrected chi connectivity index (χ2v) is 4.02. The Hall–Kier alpha value is -1.95. The van der Waals surface area contributed by atoms with E-state index in [0.29, 0.717) is 23.7 Å². The van der Waals surface area contributed by atoms with Gasteiger partial charge in [0.1, 0.15) is 17.2 Å². The average molecular weight is 268 g/mol. The van der Waals surface area contributed by atoms with Crippen LogP contribution in [0, 0.1) is 0 Å². The van der Waals surface area contributed by atoms with Crippen LogP contribution in [0.4, 0.5) is 0 Å². The Morgan fingerprint density at radius 2 is 1.68 bits per heavy atom. The molecule has 0 fully saturated rings. The molecule has 0 unspecified atom stereocenters. The molecule has 0 heterocycles. The number of hydrogen-bond acceptors (Lipinski definition) is 5. The van der Waals surface area contributed by atoms with Crippen LogP contribution in [0.5, 0.6) is 17.2 Å². The first-order valence-corrected chi connectivity index (χ1v) is 5.83. The first-order chi connectivity index (χ1) is 9.03. The molecule has 0 atom stereocenters. The summed E-state index contributed by atoms with van der Waals surface area (Å²) in [4.78, 5) is 11.5. The highest BCUT2D eigenvalue weighted by molar-refractivity contribution is 5.75. The van der Waals surface area contributed by atoms with E-state index in [1.165, 1.54) is 7.05 Å². The molecule has 6 heteroatoms. The molecular weight excluding hydrogens is 248 g/mol. The van der Waals surface area contributed by atoms with Gasteiger partial charge < -0.3 is 14.2 Å². The lowest BCUT2D eigenvalue weighted by Crippen LogP contribution is -2.33. The summed E-state index contributed by atoms with van der Waals surface area (Å²) in [5.74, 6) is 7.13. The van der Waals surface area contributed by atoms with Crippen LogP contribution in [0.3, 0.4) is 0 Å². The number of carbonyl (C=O) groups excluding carboxylic acids is 1. The van der Waals surface area contributed by atoms with Crippen LogP contribution in [-0.2, 0) is 11.2 Å². The molecule has 106 valence electrons. The number of nitrogens with two attached hydrogens (primary N) is 1. The van der Waals surface area contributed by atoms with Gasteiger partial charge in [-0.1, -0.05) is 0 Å². The van der Waals surface area contributed by atoms with E-state index >= 15 is 0 Å². The second-order valence-electron chi connectivity index (χ2n) is 4.02. The monoisotopic (exact) mass is 268 g/mol. The van der Waals surface area contributed by atoms with E-state index in [4.69, 9.17) is 20.1 Å². The quantitative estimate of drug-likeness (QED) is 0.473. The number of ether oxygens (including phenoxy) is 3. The zero-order valence-electron chi connectivity index (χ0n) is 11.7. The number of carbonyl (C=O) groups is 1. The van der Waals surface area contributed by atoms with Gasteiger partial charge in [-0.3, -0.25) is 9.80 Å². The van der Waals surface area contributed by atoms with E-state index in [0.717, 1.165) is 10.6 Å². The summed E-state index contributed by atoms with van der Waals surface area (Å²) in [5, 5.41) is 1.07. The Bertz CT molecular complexity index is 421. The summed E-state index contributed by atoms with van der Waals surface area (Å²) >= 11 is 0. The van der Waals surface area contributed by atoms with Crippen LogP contribution in [0.15, 0.2) is 12.1 Å². The number of nitrogens with zero attached hydrogens (tertiary/aromatic N) is 1. The maximum atomic E-state index is 11.5. The molecule has 1 amide bonds. The summed E-state index contributed by atoms with van der Waals surface area (Å²) in [6, 6.07) is 3.52. The molecule has 0 radical (unpaired) electrons. The third kappa shape index (κ3) is 3.75. The number of amides is 1. The predicted octanol–water partition coefficient (Wildman–Crippen LogP) is 0.977. The molecule has 1 rings (SSSR count). The smallest absolute Gasteiger partial charge is 0.236 e. The standard InChI is InChI=1S/C13H20N2O4/c1-15(14)13(16)6-5-10-11(18-3)7-9(17-2)8-12(10)19-4/h7-8H,5-6,14H2,1-4H3. The first kappa shape index (κ1) is 15.1. The van der Waals surface area contributed by atoms with E-state index in [9.17, 15) is 4.79 Å². The van der Waals surface area contributed by atoms with Crippen LogP contribution in [-0.4, -0.2) is 39.3 Å². The highest BCUT2D eigenvalue weighted by atomic mass is 16.5. The number of benzene rings is 1. The lowest BCUT2D eigenvalue weighted by Gasteiger charge is -2.16. The number of rotatable bonds is 6. The van der Waals surface area contributed by atoms with Gasteiger partial charge in [-0.15, -0.1) is 0 Å². The Morgan fingerprint density at radius 1 is 1.16 bits per heavy atom. The minimum atomic E-state index is -0.153. The highest BCUT2D eigenvalue weighted by Gasteiger charge is 2.15. The Kier molecular flexibility index (Phi) is 5.44. The van der Waals surface area contributed by atoms with Crippen molar-refractivity contribution in [1.82, 2.24) is 5.01 Å². The minimum absolute atomic E-state index is 0.153. The topological polar surface area (TPSA) is 74.0 Å². The highest BCUT2D eigenvalue weighted by Crippen LogP contribution is 2.34. The SMILES string of the molecule is COc1cc(OC)c(CCC(=O)N(C)N)c(OC)c1. The van der Waals surface area contributed by atoms with Crippen molar-refractivity contribution in [3.8, 4) is 17.2 Å². The van der Waals surface area contributed by atoms with Gasteiger partial charge in [-0.05, 0) is 6.42 Å². The molecule has 0 bridgehead atoms. The van der Waals surface area contributed by atoms with Gasteiger partial charge in [0, 0.05) is 31.2 Å². The summed E-state index contributed by atoms with van der Waals surface area (Å²) in [6.07, 6.45) is 0.767. The van der Waals surface area contributed by atoms with Crippen LogP contribution < -0.4 is 20.1 Å². The molecule has 0 aliphatic rings. The van der Waals surface area contributed by atoms with Gasteiger partial charge >= 0.3 is 0 Å². The fraction of sp³-hybridized carbons (Fsp3) is 0.462. The Labute approximate surface area is 113 Å². The number of hydrazine groups is 1. The molecule has 19 heavy (non-hydrogen) atoms. The molecule has 2 N–H and O–H groups in total. The normalized spacial score (nSPS) is 9.95. The van der Waals surface area contributed by atoms with Gasteiger partial charge in [0.2, 0.25) is 5.91 Å². The summed E-state index contributed by atoms with van der Waals surface area (Å²) in [7, 11) is 6.22. The van der Waals surface area contributed by atoms with Crippen LogP contribution >= 0.6 is 0 Å². The molecule has 0 saturated carbocycles. The maximum Gasteiger partial charge on any atom is 0.236 e. The molecule has 0 spiro atoms. The van der Waals surface area contributed by atoms with Crippen molar-refractivity contribution >= 4 is 5.91 Å². The third-order valence-electron chi connectivity index (χ3n) is 2.80. The van der Waals surface area contributed by atoms with Crippen LogP contribution in [0.2, 0.25) is 0 Å².